The lowest BCUT2D eigenvalue weighted by Gasteiger charge is -2.44. The number of hydrogen-bond donors (Lipinski definition) is 0. The van der Waals surface area contributed by atoms with Gasteiger partial charge in [-0.3, -0.25) is 9.36 Å². The third-order valence-corrected chi connectivity index (χ3v) is 5.73. The van der Waals surface area contributed by atoms with E-state index in [2.05, 4.69) is 0 Å². The first-order valence-electron chi connectivity index (χ1n) is 10.5. The average Bonchev–Trinajstić information content (AvgIpc) is 3.22. The molecule has 0 bridgehead atoms. The third kappa shape index (κ3) is 3.43. The number of rotatable bonds is 5. The molecule has 1 atom stereocenters. The molecule has 0 radical (unpaired) electrons. The van der Waals surface area contributed by atoms with Crippen molar-refractivity contribution in [3.05, 3.63) is 107 Å². The standard InChI is InChI=1S/C26H20N2O5/c1-26(17-27(24(26)30)33-23(29)20-15-9-4-10-16-20)28-21(18-11-5-2-6-12-18)22(32-25(28)31)19-13-7-3-8-14-19/h2-16H,17H2,1H3. The van der Waals surface area contributed by atoms with Crippen LogP contribution < -0.4 is 5.76 Å². The molecule has 0 aliphatic carbocycles. The van der Waals surface area contributed by atoms with Gasteiger partial charge in [0.1, 0.15) is 0 Å². The Hall–Kier alpha value is -4.39. The summed E-state index contributed by atoms with van der Waals surface area (Å²) in [5.74, 6) is -1.43. The molecule has 7 nitrogen and oxygen atoms in total. The molecule has 7 heteroatoms. The van der Waals surface area contributed by atoms with Gasteiger partial charge in [0, 0.05) is 11.1 Å². The molecular weight excluding hydrogens is 420 g/mol. The van der Waals surface area contributed by atoms with Gasteiger partial charge in [0.15, 0.2) is 11.3 Å². The number of carbonyl (C=O) groups excluding carboxylic acids is 2. The van der Waals surface area contributed by atoms with Crippen LogP contribution in [0.5, 0.6) is 0 Å². The molecule has 2 heterocycles. The fraction of sp³-hybridized carbons (Fsp3) is 0.115. The molecule has 1 aromatic heterocycles. The second kappa shape index (κ2) is 7.94. The molecule has 4 aromatic rings. The molecule has 1 fully saturated rings. The van der Waals surface area contributed by atoms with Gasteiger partial charge in [0.25, 0.3) is 5.91 Å². The first-order valence-corrected chi connectivity index (χ1v) is 10.5. The van der Waals surface area contributed by atoms with Gasteiger partial charge in [-0.05, 0) is 19.1 Å². The summed E-state index contributed by atoms with van der Waals surface area (Å²) in [6.45, 7) is 1.65. The van der Waals surface area contributed by atoms with Crippen LogP contribution in [0.15, 0.2) is 100 Å². The summed E-state index contributed by atoms with van der Waals surface area (Å²) < 4.78 is 7.03. The zero-order chi connectivity index (χ0) is 23.0. The quantitative estimate of drug-likeness (QED) is 0.437. The van der Waals surface area contributed by atoms with Crippen molar-refractivity contribution >= 4 is 11.9 Å². The Morgan fingerprint density at radius 3 is 1.97 bits per heavy atom. The van der Waals surface area contributed by atoms with Crippen molar-refractivity contribution in [1.29, 1.82) is 0 Å². The summed E-state index contributed by atoms with van der Waals surface area (Å²) in [5.41, 5.74) is 1.01. The number of hydroxylamine groups is 2. The van der Waals surface area contributed by atoms with Gasteiger partial charge < -0.3 is 9.25 Å². The fourth-order valence-electron chi connectivity index (χ4n) is 4.03. The van der Waals surface area contributed by atoms with Crippen LogP contribution >= 0.6 is 0 Å². The van der Waals surface area contributed by atoms with E-state index in [0.717, 1.165) is 16.2 Å². The molecule has 0 N–H and O–H groups in total. The number of carbonyl (C=O) groups is 2. The third-order valence-electron chi connectivity index (χ3n) is 5.73. The molecule has 1 unspecified atom stereocenters. The van der Waals surface area contributed by atoms with E-state index < -0.39 is 23.2 Å². The topological polar surface area (TPSA) is 81.8 Å². The van der Waals surface area contributed by atoms with E-state index in [-0.39, 0.29) is 6.54 Å². The Morgan fingerprint density at radius 1 is 0.848 bits per heavy atom. The molecule has 5 rings (SSSR count). The molecule has 0 saturated carbocycles. The second-order valence-corrected chi connectivity index (χ2v) is 7.97. The minimum absolute atomic E-state index is 0.0118. The zero-order valence-corrected chi connectivity index (χ0v) is 17.8. The van der Waals surface area contributed by atoms with Crippen molar-refractivity contribution in [1.82, 2.24) is 9.63 Å². The van der Waals surface area contributed by atoms with Crippen molar-refractivity contribution in [2.45, 2.75) is 12.5 Å². The highest BCUT2D eigenvalue weighted by atomic mass is 16.7. The SMILES string of the molecule is CC1(n2c(-c3ccccc3)c(-c3ccccc3)oc2=O)CN(OC(=O)c2ccccc2)C1=O. The van der Waals surface area contributed by atoms with Crippen molar-refractivity contribution in [2.24, 2.45) is 0 Å². The van der Waals surface area contributed by atoms with Crippen molar-refractivity contribution in [3.63, 3.8) is 0 Å². The summed E-state index contributed by atoms with van der Waals surface area (Å²) in [5, 5.41) is 0.978. The Labute approximate surface area is 189 Å². The van der Waals surface area contributed by atoms with Crippen molar-refractivity contribution in [2.75, 3.05) is 6.54 Å². The monoisotopic (exact) mass is 440 g/mol. The predicted octanol–water partition coefficient (Wildman–Crippen LogP) is 4.10. The van der Waals surface area contributed by atoms with E-state index in [9.17, 15) is 14.4 Å². The maximum Gasteiger partial charge on any atom is 0.421 e. The Bertz CT molecular complexity index is 1380. The highest BCUT2D eigenvalue weighted by Crippen LogP contribution is 2.39. The van der Waals surface area contributed by atoms with Crippen LogP contribution in [0.25, 0.3) is 22.6 Å². The summed E-state index contributed by atoms with van der Waals surface area (Å²) in [6.07, 6.45) is 0. The molecular formula is C26H20N2O5. The van der Waals surface area contributed by atoms with Gasteiger partial charge in [-0.25, -0.2) is 9.59 Å². The molecule has 1 aliphatic heterocycles. The van der Waals surface area contributed by atoms with E-state index in [1.807, 2.05) is 60.7 Å². The first kappa shape index (κ1) is 20.5. The molecule has 3 aromatic carbocycles. The molecule has 1 saturated heterocycles. The van der Waals surface area contributed by atoms with Crippen LogP contribution in [-0.4, -0.2) is 28.1 Å². The van der Waals surface area contributed by atoms with Crippen LogP contribution in [0.2, 0.25) is 0 Å². The number of nitrogens with zero attached hydrogens (tertiary/aromatic N) is 2. The first-order chi connectivity index (χ1) is 16.0. The highest BCUT2D eigenvalue weighted by Gasteiger charge is 2.55. The largest absolute Gasteiger partial charge is 0.421 e. The molecule has 1 amide bonds. The van der Waals surface area contributed by atoms with Gasteiger partial charge in [0.05, 0.1) is 17.8 Å². The van der Waals surface area contributed by atoms with Gasteiger partial charge in [-0.1, -0.05) is 78.9 Å². The van der Waals surface area contributed by atoms with E-state index in [0.29, 0.717) is 17.0 Å². The lowest BCUT2D eigenvalue weighted by molar-refractivity contribution is -0.210. The van der Waals surface area contributed by atoms with Crippen LogP contribution in [-0.2, 0) is 15.2 Å². The van der Waals surface area contributed by atoms with Crippen molar-refractivity contribution in [3.8, 4) is 22.6 Å². The molecule has 0 spiro atoms. The number of oxazole rings is 1. The van der Waals surface area contributed by atoms with E-state index >= 15 is 0 Å². The van der Waals surface area contributed by atoms with E-state index in [1.165, 1.54) is 4.57 Å². The van der Waals surface area contributed by atoms with Gasteiger partial charge in [-0.15, -0.1) is 0 Å². The second-order valence-electron chi connectivity index (χ2n) is 7.97. The Morgan fingerprint density at radius 2 is 1.39 bits per heavy atom. The smallest absolute Gasteiger partial charge is 0.407 e. The predicted molar refractivity (Wildman–Crippen MR) is 121 cm³/mol. The van der Waals surface area contributed by atoms with Crippen LogP contribution in [0.4, 0.5) is 0 Å². The van der Waals surface area contributed by atoms with Gasteiger partial charge in [0.2, 0.25) is 0 Å². The lowest BCUT2D eigenvalue weighted by atomic mass is 9.91. The lowest BCUT2D eigenvalue weighted by Crippen LogP contribution is -2.67. The van der Waals surface area contributed by atoms with Gasteiger partial charge in [-0.2, -0.15) is 5.06 Å². The Balaban J connectivity index is 1.53. The van der Waals surface area contributed by atoms with Gasteiger partial charge >= 0.3 is 11.7 Å². The van der Waals surface area contributed by atoms with E-state index in [1.54, 1.807) is 37.3 Å². The average molecular weight is 440 g/mol. The Kier molecular flexibility index (Phi) is 4.94. The highest BCUT2D eigenvalue weighted by molar-refractivity contribution is 5.94. The van der Waals surface area contributed by atoms with E-state index in [4.69, 9.17) is 9.25 Å². The summed E-state index contributed by atoms with van der Waals surface area (Å²) in [6, 6.07) is 26.9. The maximum absolute atomic E-state index is 13.2. The number of hydrogen-bond acceptors (Lipinski definition) is 5. The molecule has 164 valence electrons. The molecule has 33 heavy (non-hydrogen) atoms. The summed E-state index contributed by atoms with van der Waals surface area (Å²) in [4.78, 5) is 43.9. The maximum atomic E-state index is 13.2. The number of β-lactam (4-membered cyclic amide) rings is 1. The summed E-state index contributed by atoms with van der Waals surface area (Å²) >= 11 is 0. The van der Waals surface area contributed by atoms with Crippen LogP contribution in [0.1, 0.15) is 17.3 Å². The number of amides is 1. The summed E-state index contributed by atoms with van der Waals surface area (Å²) in [7, 11) is 0. The fourth-order valence-corrected chi connectivity index (χ4v) is 4.03. The minimum Gasteiger partial charge on any atom is -0.407 e. The number of aromatic nitrogens is 1. The number of benzene rings is 3. The minimum atomic E-state index is -1.27. The zero-order valence-electron chi connectivity index (χ0n) is 17.8. The normalized spacial score (nSPS) is 17.5. The molecule has 1 aliphatic rings. The van der Waals surface area contributed by atoms with Crippen LogP contribution in [0.3, 0.4) is 0 Å². The van der Waals surface area contributed by atoms with Crippen molar-refractivity contribution < 1.29 is 18.8 Å². The van der Waals surface area contributed by atoms with Crippen LogP contribution in [0, 0.1) is 0 Å².